The summed E-state index contributed by atoms with van der Waals surface area (Å²) in [6.45, 7) is 5.32. The summed E-state index contributed by atoms with van der Waals surface area (Å²) in [6.07, 6.45) is 2.87. The molecule has 0 saturated carbocycles. The van der Waals surface area contributed by atoms with Crippen LogP contribution < -0.4 is 5.32 Å². The molecule has 1 unspecified atom stereocenters. The molecule has 1 saturated heterocycles. The van der Waals surface area contributed by atoms with Gasteiger partial charge in [-0.25, -0.2) is 9.50 Å². The molecule has 1 aliphatic rings. The summed E-state index contributed by atoms with van der Waals surface area (Å²) < 4.78 is 7.27. The van der Waals surface area contributed by atoms with Crippen LogP contribution in [-0.4, -0.2) is 50.5 Å². The molecule has 0 radical (unpaired) electrons. The monoisotopic (exact) mass is 445 g/mol. The Hall–Kier alpha value is -2.16. The maximum Gasteiger partial charge on any atom is 0.253 e. The molecule has 3 aromatic rings. The van der Waals surface area contributed by atoms with Crippen molar-refractivity contribution in [3.8, 4) is 0 Å². The standard InChI is InChI=1S/C21H24ClN5O2S/c1-13-17(10-15-6-3-4-8-18(15)22)14(2)27-20(24-13)25-21(26-27)30-12-19(28)23-11-16-7-5-9-29-16/h3-4,6,8,16H,5,7,9-12H2,1-2H3,(H,23,28). The second-order valence-electron chi connectivity index (χ2n) is 7.36. The van der Waals surface area contributed by atoms with E-state index in [9.17, 15) is 4.79 Å². The summed E-state index contributed by atoms with van der Waals surface area (Å²) in [4.78, 5) is 21.2. The van der Waals surface area contributed by atoms with Gasteiger partial charge in [0.05, 0.1) is 11.9 Å². The smallest absolute Gasteiger partial charge is 0.253 e. The van der Waals surface area contributed by atoms with Gasteiger partial charge in [-0.05, 0) is 43.9 Å². The van der Waals surface area contributed by atoms with Crippen molar-refractivity contribution in [1.82, 2.24) is 24.9 Å². The molecule has 30 heavy (non-hydrogen) atoms. The predicted molar refractivity (Wildman–Crippen MR) is 117 cm³/mol. The number of thioether (sulfide) groups is 1. The number of aryl methyl sites for hydroxylation is 2. The van der Waals surface area contributed by atoms with Crippen molar-refractivity contribution in [3.05, 3.63) is 51.8 Å². The molecule has 9 heteroatoms. The lowest BCUT2D eigenvalue weighted by atomic mass is 10.0. The van der Waals surface area contributed by atoms with E-state index in [0.29, 0.717) is 23.9 Å². The first-order valence-electron chi connectivity index (χ1n) is 9.98. The Labute approximate surface area is 184 Å². The van der Waals surface area contributed by atoms with Crippen LogP contribution in [0.3, 0.4) is 0 Å². The van der Waals surface area contributed by atoms with E-state index >= 15 is 0 Å². The lowest BCUT2D eigenvalue weighted by molar-refractivity contribution is -0.119. The first-order chi connectivity index (χ1) is 14.5. The van der Waals surface area contributed by atoms with Crippen LogP contribution >= 0.6 is 23.4 Å². The van der Waals surface area contributed by atoms with Gasteiger partial charge in [0.2, 0.25) is 11.1 Å². The zero-order valence-corrected chi connectivity index (χ0v) is 18.6. The van der Waals surface area contributed by atoms with Crippen LogP contribution in [0.4, 0.5) is 0 Å². The van der Waals surface area contributed by atoms with Gasteiger partial charge in [0.1, 0.15) is 0 Å². The van der Waals surface area contributed by atoms with Crippen LogP contribution in [0, 0.1) is 13.8 Å². The van der Waals surface area contributed by atoms with Crippen molar-refractivity contribution >= 4 is 35.0 Å². The summed E-state index contributed by atoms with van der Waals surface area (Å²) in [7, 11) is 0. The number of rotatable bonds is 7. The van der Waals surface area contributed by atoms with E-state index < -0.39 is 0 Å². The highest BCUT2D eigenvalue weighted by atomic mass is 35.5. The lowest BCUT2D eigenvalue weighted by Crippen LogP contribution is -2.32. The molecule has 1 fully saturated rings. The van der Waals surface area contributed by atoms with Gasteiger partial charge in [0, 0.05) is 36.0 Å². The summed E-state index contributed by atoms with van der Waals surface area (Å²) in [6, 6.07) is 7.81. The minimum atomic E-state index is -0.0466. The number of amides is 1. The number of halogens is 1. The van der Waals surface area contributed by atoms with Gasteiger partial charge >= 0.3 is 0 Å². The van der Waals surface area contributed by atoms with Crippen molar-refractivity contribution in [1.29, 1.82) is 0 Å². The van der Waals surface area contributed by atoms with E-state index in [1.165, 1.54) is 11.8 Å². The second kappa shape index (κ2) is 9.32. The summed E-state index contributed by atoms with van der Waals surface area (Å²) in [5.41, 5.74) is 3.99. The van der Waals surface area contributed by atoms with Crippen LogP contribution in [0.2, 0.25) is 5.02 Å². The van der Waals surface area contributed by atoms with Crippen LogP contribution in [0.1, 0.15) is 35.4 Å². The maximum absolute atomic E-state index is 12.1. The van der Waals surface area contributed by atoms with Crippen LogP contribution in [0.25, 0.3) is 5.78 Å². The zero-order chi connectivity index (χ0) is 21.1. The number of benzene rings is 1. The number of aromatic nitrogens is 4. The lowest BCUT2D eigenvalue weighted by Gasteiger charge is -2.11. The summed E-state index contributed by atoms with van der Waals surface area (Å²) >= 11 is 7.64. The normalized spacial score (nSPS) is 16.3. The number of carbonyl (C=O) groups excluding carboxylic acids is 1. The van der Waals surface area contributed by atoms with Crippen molar-refractivity contribution in [2.24, 2.45) is 0 Å². The van der Waals surface area contributed by atoms with E-state index in [1.54, 1.807) is 4.52 Å². The Morgan fingerprint density at radius 1 is 1.33 bits per heavy atom. The van der Waals surface area contributed by atoms with Crippen LogP contribution in [0.5, 0.6) is 0 Å². The molecule has 2 aromatic heterocycles. The van der Waals surface area contributed by atoms with Gasteiger partial charge < -0.3 is 10.1 Å². The molecule has 1 aliphatic heterocycles. The fourth-order valence-electron chi connectivity index (χ4n) is 3.55. The Morgan fingerprint density at radius 2 is 2.17 bits per heavy atom. The minimum absolute atomic E-state index is 0.0466. The van der Waals surface area contributed by atoms with Gasteiger partial charge in [0.25, 0.3) is 5.78 Å². The van der Waals surface area contributed by atoms with Crippen molar-refractivity contribution in [2.75, 3.05) is 18.9 Å². The first-order valence-corrected chi connectivity index (χ1v) is 11.3. The van der Waals surface area contributed by atoms with Crippen molar-refractivity contribution in [2.45, 2.75) is 44.4 Å². The highest BCUT2D eigenvalue weighted by Gasteiger charge is 2.18. The predicted octanol–water partition coefficient (Wildman–Crippen LogP) is 3.37. The molecule has 3 heterocycles. The Bertz CT molecular complexity index is 1060. The number of carbonyl (C=O) groups is 1. The molecular weight excluding hydrogens is 422 g/mol. The first kappa shape index (κ1) is 21.1. The number of nitrogens with one attached hydrogen (secondary N) is 1. The van der Waals surface area contributed by atoms with Gasteiger partial charge in [-0.2, -0.15) is 4.98 Å². The molecule has 1 aromatic carbocycles. The largest absolute Gasteiger partial charge is 0.376 e. The molecule has 7 nitrogen and oxygen atoms in total. The van der Waals surface area contributed by atoms with Crippen LogP contribution in [-0.2, 0) is 16.0 Å². The maximum atomic E-state index is 12.1. The summed E-state index contributed by atoms with van der Waals surface area (Å²) in [5, 5.41) is 8.74. The van der Waals surface area contributed by atoms with Gasteiger partial charge in [0.15, 0.2) is 0 Å². The molecule has 4 rings (SSSR count). The molecule has 1 amide bonds. The van der Waals surface area contributed by atoms with E-state index in [2.05, 4.69) is 20.4 Å². The van der Waals surface area contributed by atoms with E-state index in [1.807, 2.05) is 38.1 Å². The number of hydrogen-bond donors (Lipinski definition) is 1. The molecule has 0 aliphatic carbocycles. The zero-order valence-electron chi connectivity index (χ0n) is 17.0. The van der Waals surface area contributed by atoms with Crippen LogP contribution in [0.15, 0.2) is 29.4 Å². The molecule has 0 bridgehead atoms. The van der Waals surface area contributed by atoms with Gasteiger partial charge in [-0.15, -0.1) is 5.10 Å². The highest BCUT2D eigenvalue weighted by molar-refractivity contribution is 7.99. The number of ether oxygens (including phenoxy) is 1. The minimum Gasteiger partial charge on any atom is -0.376 e. The second-order valence-corrected chi connectivity index (χ2v) is 8.71. The SMILES string of the molecule is Cc1nc2nc(SCC(=O)NCC3CCCO3)nn2c(C)c1Cc1ccccc1Cl. The fourth-order valence-corrected chi connectivity index (χ4v) is 4.40. The topological polar surface area (TPSA) is 81.4 Å². The quantitative estimate of drug-likeness (QED) is 0.561. The molecule has 158 valence electrons. The number of hydrogen-bond acceptors (Lipinski definition) is 6. The van der Waals surface area contributed by atoms with Crippen molar-refractivity contribution in [3.63, 3.8) is 0 Å². The van der Waals surface area contributed by atoms with Crippen molar-refractivity contribution < 1.29 is 9.53 Å². The number of nitrogens with zero attached hydrogens (tertiary/aromatic N) is 4. The molecule has 0 spiro atoms. The van der Waals surface area contributed by atoms with E-state index in [0.717, 1.165) is 47.0 Å². The third-order valence-electron chi connectivity index (χ3n) is 5.24. The van der Waals surface area contributed by atoms with Gasteiger partial charge in [-0.3, -0.25) is 4.79 Å². The average molecular weight is 446 g/mol. The third kappa shape index (κ3) is 4.77. The Kier molecular flexibility index (Phi) is 6.55. The van der Waals surface area contributed by atoms with Gasteiger partial charge in [-0.1, -0.05) is 41.6 Å². The van der Waals surface area contributed by atoms with E-state index in [4.69, 9.17) is 16.3 Å². The summed E-state index contributed by atoms with van der Waals surface area (Å²) in [5.74, 6) is 0.749. The fraction of sp³-hybridized carbons (Fsp3) is 0.429. The Balaban J connectivity index is 1.45. The highest BCUT2D eigenvalue weighted by Crippen LogP contribution is 2.24. The average Bonchev–Trinajstić information content (AvgIpc) is 3.39. The number of fused-ring (bicyclic) bond motifs is 1. The molecule has 1 N–H and O–H groups in total. The molecule has 1 atom stereocenters. The molecular formula is C21H24ClN5O2S. The Morgan fingerprint density at radius 3 is 2.93 bits per heavy atom. The third-order valence-corrected chi connectivity index (χ3v) is 6.44. The van der Waals surface area contributed by atoms with E-state index in [-0.39, 0.29) is 17.8 Å².